The van der Waals surface area contributed by atoms with Crippen LogP contribution in [0.3, 0.4) is 0 Å². The fraction of sp³-hybridized carbons (Fsp3) is 0.263. The predicted octanol–water partition coefficient (Wildman–Crippen LogP) is 3.74. The summed E-state index contributed by atoms with van der Waals surface area (Å²) in [5, 5.41) is 5.66. The molecule has 1 unspecified atom stereocenters. The van der Waals surface area contributed by atoms with Gasteiger partial charge in [-0.25, -0.2) is 0 Å². The highest BCUT2D eigenvalue weighted by Crippen LogP contribution is 2.21. The third kappa shape index (κ3) is 5.89. The van der Waals surface area contributed by atoms with Gasteiger partial charge in [-0.15, -0.1) is 12.4 Å². The van der Waals surface area contributed by atoms with Crippen molar-refractivity contribution in [3.8, 4) is 0 Å². The molecule has 2 aromatic rings. The SMILES string of the molecule is CCCC(N)C(=O)Nc1cc(NC(=O)c2ccccc2)ccc1C.Cl. The van der Waals surface area contributed by atoms with Gasteiger partial charge in [-0.1, -0.05) is 37.6 Å². The Morgan fingerprint density at radius 2 is 1.76 bits per heavy atom. The molecule has 5 nitrogen and oxygen atoms in total. The molecule has 0 heterocycles. The minimum atomic E-state index is -0.531. The second-order valence-electron chi connectivity index (χ2n) is 5.73. The largest absolute Gasteiger partial charge is 0.324 e. The molecule has 0 aliphatic rings. The lowest BCUT2D eigenvalue weighted by atomic mass is 10.1. The Hall–Kier alpha value is -2.37. The molecule has 0 radical (unpaired) electrons. The number of carbonyl (C=O) groups excluding carboxylic acids is 2. The number of nitrogens with two attached hydrogens (primary N) is 1. The van der Waals surface area contributed by atoms with Gasteiger partial charge in [-0.3, -0.25) is 9.59 Å². The summed E-state index contributed by atoms with van der Waals surface area (Å²) < 4.78 is 0. The zero-order valence-electron chi connectivity index (χ0n) is 14.4. The van der Waals surface area contributed by atoms with Crippen molar-refractivity contribution >= 4 is 35.6 Å². The lowest BCUT2D eigenvalue weighted by molar-refractivity contribution is -0.117. The average molecular weight is 362 g/mol. The maximum atomic E-state index is 12.2. The molecule has 134 valence electrons. The molecule has 0 spiro atoms. The van der Waals surface area contributed by atoms with E-state index in [9.17, 15) is 9.59 Å². The molecule has 0 aromatic heterocycles. The summed E-state index contributed by atoms with van der Waals surface area (Å²) in [4.78, 5) is 24.3. The second kappa shape index (κ2) is 9.81. The van der Waals surface area contributed by atoms with Crippen LogP contribution in [0.25, 0.3) is 0 Å². The van der Waals surface area contributed by atoms with Crippen LogP contribution in [0.15, 0.2) is 48.5 Å². The van der Waals surface area contributed by atoms with Gasteiger partial charge in [-0.2, -0.15) is 0 Å². The van der Waals surface area contributed by atoms with Crippen LogP contribution in [0.1, 0.15) is 35.7 Å². The normalized spacial score (nSPS) is 11.2. The summed E-state index contributed by atoms with van der Waals surface area (Å²) in [7, 11) is 0. The van der Waals surface area contributed by atoms with Gasteiger partial charge in [0.15, 0.2) is 0 Å². The van der Waals surface area contributed by atoms with E-state index >= 15 is 0 Å². The number of nitrogens with one attached hydrogen (secondary N) is 2. The topological polar surface area (TPSA) is 84.2 Å². The van der Waals surface area contributed by atoms with Crippen LogP contribution in [0.2, 0.25) is 0 Å². The molecule has 0 saturated heterocycles. The number of carbonyl (C=O) groups is 2. The number of halogens is 1. The quantitative estimate of drug-likeness (QED) is 0.732. The standard InChI is InChI=1S/C19H23N3O2.ClH/c1-3-7-16(20)19(24)22-17-12-15(11-10-13(17)2)21-18(23)14-8-5-4-6-9-14;/h4-6,8-12,16H,3,7,20H2,1-2H3,(H,21,23)(H,22,24);1H. The van der Waals surface area contributed by atoms with Crippen LogP contribution < -0.4 is 16.4 Å². The highest BCUT2D eigenvalue weighted by atomic mass is 35.5. The molecule has 0 fully saturated rings. The molecule has 2 rings (SSSR count). The highest BCUT2D eigenvalue weighted by Gasteiger charge is 2.14. The van der Waals surface area contributed by atoms with Gasteiger partial charge in [-0.05, 0) is 43.2 Å². The average Bonchev–Trinajstić information content (AvgIpc) is 2.58. The van der Waals surface area contributed by atoms with E-state index < -0.39 is 6.04 Å². The van der Waals surface area contributed by atoms with Gasteiger partial charge in [0, 0.05) is 16.9 Å². The molecule has 1 atom stereocenters. The molecule has 2 aromatic carbocycles. The zero-order valence-corrected chi connectivity index (χ0v) is 15.2. The van der Waals surface area contributed by atoms with Crippen LogP contribution in [-0.2, 0) is 4.79 Å². The first kappa shape index (κ1) is 20.7. The number of aryl methyl sites for hydroxylation is 1. The Bertz CT molecular complexity index is 720. The third-order valence-electron chi connectivity index (χ3n) is 3.73. The lowest BCUT2D eigenvalue weighted by Gasteiger charge is -2.14. The van der Waals surface area contributed by atoms with Crippen molar-refractivity contribution in [2.24, 2.45) is 5.73 Å². The summed E-state index contributed by atoms with van der Waals surface area (Å²) in [6.45, 7) is 3.88. The molecule has 25 heavy (non-hydrogen) atoms. The van der Waals surface area contributed by atoms with Crippen LogP contribution in [0.4, 0.5) is 11.4 Å². The molecule has 0 aliphatic carbocycles. The van der Waals surface area contributed by atoms with E-state index in [-0.39, 0.29) is 24.2 Å². The van der Waals surface area contributed by atoms with Crippen molar-refractivity contribution in [2.45, 2.75) is 32.7 Å². The van der Waals surface area contributed by atoms with E-state index in [2.05, 4.69) is 10.6 Å². The summed E-state index contributed by atoms with van der Waals surface area (Å²) >= 11 is 0. The number of hydrogen-bond acceptors (Lipinski definition) is 3. The van der Waals surface area contributed by atoms with E-state index in [0.29, 0.717) is 23.4 Å². The van der Waals surface area contributed by atoms with Crippen LogP contribution in [-0.4, -0.2) is 17.9 Å². The van der Waals surface area contributed by atoms with E-state index in [4.69, 9.17) is 5.73 Å². The van der Waals surface area contributed by atoms with Gasteiger partial charge < -0.3 is 16.4 Å². The van der Waals surface area contributed by atoms with Crippen molar-refractivity contribution in [3.63, 3.8) is 0 Å². The van der Waals surface area contributed by atoms with Gasteiger partial charge in [0.25, 0.3) is 5.91 Å². The summed E-state index contributed by atoms with van der Waals surface area (Å²) in [6, 6.07) is 13.8. The highest BCUT2D eigenvalue weighted by molar-refractivity contribution is 6.05. The number of hydrogen-bond donors (Lipinski definition) is 3. The smallest absolute Gasteiger partial charge is 0.255 e. The van der Waals surface area contributed by atoms with E-state index in [1.54, 1.807) is 24.3 Å². The van der Waals surface area contributed by atoms with Crippen LogP contribution in [0.5, 0.6) is 0 Å². The molecular formula is C19H24ClN3O2. The zero-order chi connectivity index (χ0) is 17.5. The Kier molecular flexibility index (Phi) is 8.11. The van der Waals surface area contributed by atoms with Gasteiger partial charge in [0.1, 0.15) is 0 Å². The minimum Gasteiger partial charge on any atom is -0.324 e. The summed E-state index contributed by atoms with van der Waals surface area (Å²) in [5.74, 6) is -0.411. The molecular weight excluding hydrogens is 338 g/mol. The maximum Gasteiger partial charge on any atom is 0.255 e. The van der Waals surface area contributed by atoms with Gasteiger partial charge in [0.05, 0.1) is 6.04 Å². The van der Waals surface area contributed by atoms with Crippen molar-refractivity contribution in [1.29, 1.82) is 0 Å². The van der Waals surface area contributed by atoms with Crippen molar-refractivity contribution in [3.05, 3.63) is 59.7 Å². The van der Waals surface area contributed by atoms with E-state index in [0.717, 1.165) is 12.0 Å². The van der Waals surface area contributed by atoms with E-state index in [1.807, 2.05) is 38.1 Å². The Morgan fingerprint density at radius 3 is 2.40 bits per heavy atom. The number of anilines is 2. The number of rotatable bonds is 6. The Balaban J connectivity index is 0.00000312. The molecule has 0 saturated carbocycles. The summed E-state index contributed by atoms with van der Waals surface area (Å²) in [5.41, 5.74) is 8.59. The molecule has 0 aliphatic heterocycles. The fourth-order valence-electron chi connectivity index (χ4n) is 2.29. The Morgan fingerprint density at radius 1 is 1.08 bits per heavy atom. The molecule has 2 amide bonds. The molecule has 0 bridgehead atoms. The van der Waals surface area contributed by atoms with Crippen LogP contribution in [0, 0.1) is 6.92 Å². The minimum absolute atomic E-state index is 0. The first-order valence-electron chi connectivity index (χ1n) is 8.04. The number of benzene rings is 2. The predicted molar refractivity (Wildman–Crippen MR) is 104 cm³/mol. The monoisotopic (exact) mass is 361 g/mol. The lowest BCUT2D eigenvalue weighted by Crippen LogP contribution is -2.35. The van der Waals surface area contributed by atoms with Gasteiger partial charge in [0.2, 0.25) is 5.91 Å². The van der Waals surface area contributed by atoms with Crippen molar-refractivity contribution in [2.75, 3.05) is 10.6 Å². The first-order valence-corrected chi connectivity index (χ1v) is 8.04. The fourth-order valence-corrected chi connectivity index (χ4v) is 2.29. The molecule has 4 N–H and O–H groups in total. The second-order valence-corrected chi connectivity index (χ2v) is 5.73. The maximum absolute atomic E-state index is 12.2. The van der Waals surface area contributed by atoms with Gasteiger partial charge >= 0.3 is 0 Å². The number of amides is 2. The van der Waals surface area contributed by atoms with Crippen molar-refractivity contribution in [1.82, 2.24) is 0 Å². The van der Waals surface area contributed by atoms with Crippen LogP contribution >= 0.6 is 12.4 Å². The van der Waals surface area contributed by atoms with Crippen molar-refractivity contribution < 1.29 is 9.59 Å². The first-order chi connectivity index (χ1) is 11.5. The summed E-state index contributed by atoms with van der Waals surface area (Å²) in [6.07, 6.45) is 1.48. The third-order valence-corrected chi connectivity index (χ3v) is 3.73. The van der Waals surface area contributed by atoms with E-state index in [1.165, 1.54) is 0 Å². The Labute approximate surface area is 154 Å². The molecule has 6 heteroatoms.